The fourth-order valence-corrected chi connectivity index (χ4v) is 3.01. The van der Waals surface area contributed by atoms with Crippen LogP contribution in [0.5, 0.6) is 0 Å². The monoisotopic (exact) mass is 340 g/mol. The second kappa shape index (κ2) is 6.09. The van der Waals surface area contributed by atoms with Crippen molar-refractivity contribution in [2.24, 2.45) is 0 Å². The van der Waals surface area contributed by atoms with Gasteiger partial charge in [0.15, 0.2) is 11.4 Å². The molecular weight excluding hydrogens is 327 g/mol. The van der Waals surface area contributed by atoms with Crippen LogP contribution in [-0.4, -0.2) is 19.7 Å². The summed E-state index contributed by atoms with van der Waals surface area (Å²) in [6.45, 7) is 2.26. The highest BCUT2D eigenvalue weighted by atomic mass is 32.2. The molecule has 5 nitrogen and oxygen atoms in total. The molecular formula is C17H13FN4OS. The first-order valence-electron chi connectivity index (χ1n) is 7.37. The standard InChI is InChI=1S/C17H13FN4OS/c1-11-20-16(14-6-4-8-23-14)13-9-19-22(17(13)21-11)10-12-5-2-3-7-15(12)24-18/h2-9H,10H2,1H3. The van der Waals surface area contributed by atoms with Crippen LogP contribution in [-0.2, 0) is 6.54 Å². The molecule has 0 atom stereocenters. The number of hydrogen-bond donors (Lipinski definition) is 0. The molecule has 0 saturated heterocycles. The summed E-state index contributed by atoms with van der Waals surface area (Å²) in [7, 11) is 0. The fraction of sp³-hybridized carbons (Fsp3) is 0.118. The highest BCUT2D eigenvalue weighted by molar-refractivity contribution is 7.94. The van der Waals surface area contributed by atoms with Crippen LogP contribution in [0.15, 0.2) is 58.2 Å². The molecule has 0 N–H and O–H groups in total. The number of fused-ring (bicyclic) bond motifs is 1. The minimum absolute atomic E-state index is 0.238. The maximum Gasteiger partial charge on any atom is 0.162 e. The van der Waals surface area contributed by atoms with Crippen molar-refractivity contribution in [1.82, 2.24) is 19.7 Å². The number of benzene rings is 1. The third-order valence-corrected chi connectivity index (χ3v) is 4.30. The van der Waals surface area contributed by atoms with Crippen molar-refractivity contribution in [2.75, 3.05) is 0 Å². The zero-order chi connectivity index (χ0) is 16.5. The van der Waals surface area contributed by atoms with Crippen molar-refractivity contribution in [3.05, 3.63) is 60.2 Å². The average molecular weight is 340 g/mol. The van der Waals surface area contributed by atoms with E-state index in [0.29, 0.717) is 34.4 Å². The Balaban J connectivity index is 1.83. The number of aromatic nitrogens is 4. The lowest BCUT2D eigenvalue weighted by atomic mass is 10.2. The van der Waals surface area contributed by atoms with Gasteiger partial charge in [0.1, 0.15) is 11.5 Å². The van der Waals surface area contributed by atoms with Crippen molar-refractivity contribution in [1.29, 1.82) is 0 Å². The van der Waals surface area contributed by atoms with Crippen LogP contribution in [0.2, 0.25) is 0 Å². The van der Waals surface area contributed by atoms with Gasteiger partial charge in [-0.15, -0.1) is 0 Å². The van der Waals surface area contributed by atoms with Gasteiger partial charge >= 0.3 is 0 Å². The van der Waals surface area contributed by atoms with Crippen molar-refractivity contribution < 1.29 is 8.30 Å². The van der Waals surface area contributed by atoms with Gasteiger partial charge in [-0.25, -0.2) is 14.6 Å². The molecule has 0 spiro atoms. The third-order valence-electron chi connectivity index (χ3n) is 3.74. The molecule has 120 valence electrons. The molecule has 4 rings (SSSR count). The minimum Gasteiger partial charge on any atom is -0.463 e. The number of hydrogen-bond acceptors (Lipinski definition) is 5. The third kappa shape index (κ3) is 2.56. The normalized spacial score (nSPS) is 11.2. The summed E-state index contributed by atoms with van der Waals surface area (Å²) < 4.78 is 20.3. The van der Waals surface area contributed by atoms with Gasteiger partial charge in [0.25, 0.3) is 0 Å². The summed E-state index contributed by atoms with van der Waals surface area (Å²) in [5.74, 6) is 1.30. The summed E-state index contributed by atoms with van der Waals surface area (Å²) in [5.41, 5.74) is 2.26. The first-order chi connectivity index (χ1) is 11.8. The van der Waals surface area contributed by atoms with Gasteiger partial charge in [-0.1, -0.05) is 18.2 Å². The molecule has 0 unspecified atom stereocenters. The van der Waals surface area contributed by atoms with Gasteiger partial charge in [0.2, 0.25) is 0 Å². The minimum atomic E-state index is 0.238. The van der Waals surface area contributed by atoms with Crippen LogP contribution in [0.25, 0.3) is 22.5 Å². The van der Waals surface area contributed by atoms with Crippen LogP contribution in [0.3, 0.4) is 0 Å². The molecule has 0 aliphatic carbocycles. The maximum atomic E-state index is 13.1. The largest absolute Gasteiger partial charge is 0.463 e. The molecule has 0 radical (unpaired) electrons. The van der Waals surface area contributed by atoms with E-state index < -0.39 is 0 Å². The van der Waals surface area contributed by atoms with E-state index in [1.807, 2.05) is 37.3 Å². The number of halogens is 1. The summed E-state index contributed by atoms with van der Waals surface area (Å²) in [5, 5.41) is 5.22. The molecule has 0 amide bonds. The van der Waals surface area contributed by atoms with Gasteiger partial charge in [0.05, 0.1) is 36.5 Å². The van der Waals surface area contributed by atoms with Crippen LogP contribution >= 0.6 is 12.1 Å². The Labute approximate surface area is 141 Å². The Morgan fingerprint density at radius 3 is 2.83 bits per heavy atom. The Hall–Kier alpha value is -2.67. The summed E-state index contributed by atoms with van der Waals surface area (Å²) in [6, 6.07) is 11.0. The molecule has 0 fully saturated rings. The van der Waals surface area contributed by atoms with Gasteiger partial charge in [-0.05, 0) is 30.7 Å². The van der Waals surface area contributed by atoms with E-state index in [2.05, 4.69) is 15.1 Å². The topological polar surface area (TPSA) is 56.7 Å². The van der Waals surface area contributed by atoms with Crippen LogP contribution in [0.4, 0.5) is 3.89 Å². The zero-order valence-electron chi connectivity index (χ0n) is 12.8. The molecule has 3 heterocycles. The molecule has 1 aromatic carbocycles. The van der Waals surface area contributed by atoms with E-state index in [9.17, 15) is 3.89 Å². The Morgan fingerprint density at radius 2 is 2.04 bits per heavy atom. The fourth-order valence-electron chi connectivity index (χ4n) is 2.65. The number of furan rings is 1. The lowest BCUT2D eigenvalue weighted by Crippen LogP contribution is -2.04. The zero-order valence-corrected chi connectivity index (χ0v) is 13.6. The summed E-state index contributed by atoms with van der Waals surface area (Å²) in [6.07, 6.45) is 3.33. The Bertz CT molecular complexity index is 997. The van der Waals surface area contributed by atoms with Gasteiger partial charge in [-0.3, -0.25) is 0 Å². The van der Waals surface area contributed by atoms with Gasteiger partial charge in [0, 0.05) is 4.90 Å². The average Bonchev–Trinajstić information content (AvgIpc) is 3.25. The summed E-state index contributed by atoms with van der Waals surface area (Å²) >= 11 is 0.238. The smallest absolute Gasteiger partial charge is 0.162 e. The van der Waals surface area contributed by atoms with Crippen molar-refractivity contribution in [3.8, 4) is 11.5 Å². The molecule has 0 saturated carbocycles. The molecule has 4 aromatic rings. The Kier molecular flexibility index (Phi) is 3.78. The van der Waals surface area contributed by atoms with E-state index in [1.165, 1.54) is 0 Å². The molecule has 24 heavy (non-hydrogen) atoms. The molecule has 0 aliphatic rings. The summed E-state index contributed by atoms with van der Waals surface area (Å²) in [4.78, 5) is 9.56. The van der Waals surface area contributed by atoms with E-state index in [4.69, 9.17) is 4.42 Å². The molecule has 3 aromatic heterocycles. The van der Waals surface area contributed by atoms with E-state index in [-0.39, 0.29) is 12.1 Å². The number of nitrogens with zero attached hydrogens (tertiary/aromatic N) is 4. The highest BCUT2D eigenvalue weighted by Gasteiger charge is 2.15. The molecule has 0 aliphatic heterocycles. The van der Waals surface area contributed by atoms with Crippen LogP contribution in [0.1, 0.15) is 11.4 Å². The predicted octanol–water partition coefficient (Wildman–Crippen LogP) is 4.42. The second-order valence-electron chi connectivity index (χ2n) is 5.32. The van der Waals surface area contributed by atoms with Crippen LogP contribution in [0, 0.1) is 6.92 Å². The van der Waals surface area contributed by atoms with E-state index >= 15 is 0 Å². The SMILES string of the molecule is Cc1nc(-c2ccco2)c2cnn(Cc3ccccc3SF)c2n1. The Morgan fingerprint density at radius 1 is 1.17 bits per heavy atom. The second-order valence-corrected chi connectivity index (χ2v) is 5.92. The van der Waals surface area contributed by atoms with E-state index in [1.54, 1.807) is 23.2 Å². The van der Waals surface area contributed by atoms with Crippen LogP contribution < -0.4 is 0 Å². The van der Waals surface area contributed by atoms with Crippen molar-refractivity contribution in [3.63, 3.8) is 0 Å². The number of rotatable bonds is 4. The van der Waals surface area contributed by atoms with Crippen molar-refractivity contribution >= 4 is 23.2 Å². The first-order valence-corrected chi connectivity index (χ1v) is 8.08. The lowest BCUT2D eigenvalue weighted by molar-refractivity contribution is 0.580. The quantitative estimate of drug-likeness (QED) is 0.550. The predicted molar refractivity (Wildman–Crippen MR) is 90.3 cm³/mol. The van der Waals surface area contributed by atoms with E-state index in [0.717, 1.165) is 10.9 Å². The van der Waals surface area contributed by atoms with Gasteiger partial charge < -0.3 is 4.42 Å². The molecule has 7 heteroatoms. The lowest BCUT2D eigenvalue weighted by Gasteiger charge is -2.07. The first kappa shape index (κ1) is 14.9. The number of aryl methyl sites for hydroxylation is 1. The maximum absolute atomic E-state index is 13.1. The molecule has 0 bridgehead atoms. The van der Waals surface area contributed by atoms with Crippen molar-refractivity contribution in [2.45, 2.75) is 18.4 Å². The highest BCUT2D eigenvalue weighted by Crippen LogP contribution is 2.28. The van der Waals surface area contributed by atoms with Gasteiger partial charge in [-0.2, -0.15) is 8.98 Å².